The van der Waals surface area contributed by atoms with Gasteiger partial charge in [0.15, 0.2) is 0 Å². The number of amides is 1. The average Bonchev–Trinajstić information content (AvgIpc) is 2.96. The van der Waals surface area contributed by atoms with Crippen molar-refractivity contribution in [2.75, 3.05) is 13.2 Å². The average molecular weight is 273 g/mol. The fraction of sp³-hybridized carbons (Fsp3) is 0.357. The Labute approximate surface area is 115 Å². The van der Waals surface area contributed by atoms with Crippen LogP contribution in [0.2, 0.25) is 0 Å². The summed E-state index contributed by atoms with van der Waals surface area (Å²) in [4.78, 5) is 30.5. The molecule has 0 unspecified atom stereocenters. The SMILES string of the molecule is O=C(c1cnc2ccccn2c1=O)N1CCC[C@@H]1CO. The molecule has 3 heterocycles. The summed E-state index contributed by atoms with van der Waals surface area (Å²) in [6.07, 6.45) is 4.53. The minimum absolute atomic E-state index is 0.0500. The van der Waals surface area contributed by atoms with E-state index in [0.29, 0.717) is 12.2 Å². The Morgan fingerprint density at radius 3 is 3.10 bits per heavy atom. The van der Waals surface area contributed by atoms with Crippen LogP contribution in [0.15, 0.2) is 35.4 Å². The van der Waals surface area contributed by atoms with Crippen LogP contribution in [0.4, 0.5) is 0 Å². The van der Waals surface area contributed by atoms with Crippen molar-refractivity contribution in [3.63, 3.8) is 0 Å². The van der Waals surface area contributed by atoms with Gasteiger partial charge >= 0.3 is 0 Å². The van der Waals surface area contributed by atoms with Crippen LogP contribution in [-0.2, 0) is 0 Å². The van der Waals surface area contributed by atoms with Crippen LogP contribution in [0, 0.1) is 0 Å². The number of hydrogen-bond donors (Lipinski definition) is 1. The molecule has 1 amide bonds. The smallest absolute Gasteiger partial charge is 0.270 e. The maximum atomic E-state index is 12.4. The van der Waals surface area contributed by atoms with E-state index in [2.05, 4.69) is 4.98 Å². The van der Waals surface area contributed by atoms with Crippen molar-refractivity contribution in [3.05, 3.63) is 46.5 Å². The number of carbonyl (C=O) groups is 1. The van der Waals surface area contributed by atoms with E-state index in [-0.39, 0.29) is 29.7 Å². The van der Waals surface area contributed by atoms with E-state index < -0.39 is 0 Å². The minimum Gasteiger partial charge on any atom is -0.394 e. The highest BCUT2D eigenvalue weighted by Gasteiger charge is 2.30. The zero-order chi connectivity index (χ0) is 14.1. The lowest BCUT2D eigenvalue weighted by Crippen LogP contribution is -2.40. The van der Waals surface area contributed by atoms with Crippen molar-refractivity contribution in [1.82, 2.24) is 14.3 Å². The third-order valence-electron chi connectivity index (χ3n) is 3.69. The van der Waals surface area contributed by atoms with Crippen molar-refractivity contribution in [1.29, 1.82) is 0 Å². The number of carbonyl (C=O) groups excluding carboxylic acids is 1. The van der Waals surface area contributed by atoms with E-state index in [0.717, 1.165) is 12.8 Å². The molecule has 104 valence electrons. The predicted molar refractivity (Wildman–Crippen MR) is 72.6 cm³/mol. The van der Waals surface area contributed by atoms with E-state index in [1.807, 2.05) is 0 Å². The molecule has 3 rings (SSSR count). The summed E-state index contributed by atoms with van der Waals surface area (Å²) < 4.78 is 1.36. The number of rotatable bonds is 2. The summed E-state index contributed by atoms with van der Waals surface area (Å²) in [5.74, 6) is -0.350. The molecule has 0 aliphatic carbocycles. The number of pyridine rings is 1. The molecule has 2 aromatic heterocycles. The first kappa shape index (κ1) is 12.8. The third kappa shape index (κ3) is 1.98. The Kier molecular flexibility index (Phi) is 3.23. The van der Waals surface area contributed by atoms with Gasteiger partial charge in [0, 0.05) is 18.9 Å². The van der Waals surface area contributed by atoms with Crippen molar-refractivity contribution >= 4 is 11.6 Å². The molecule has 0 aromatic carbocycles. The lowest BCUT2D eigenvalue weighted by molar-refractivity contribution is 0.0675. The third-order valence-corrected chi connectivity index (χ3v) is 3.69. The summed E-state index contributed by atoms with van der Waals surface area (Å²) in [7, 11) is 0. The monoisotopic (exact) mass is 273 g/mol. The number of likely N-dealkylation sites (tertiary alicyclic amines) is 1. The maximum absolute atomic E-state index is 12.4. The molecule has 1 saturated heterocycles. The molecule has 1 aliphatic heterocycles. The molecular weight excluding hydrogens is 258 g/mol. The predicted octanol–water partition coefficient (Wildman–Crippen LogP) is 0.291. The Balaban J connectivity index is 2.04. The molecule has 0 saturated carbocycles. The normalized spacial score (nSPS) is 18.6. The van der Waals surface area contributed by atoms with Gasteiger partial charge in [-0.1, -0.05) is 6.07 Å². The van der Waals surface area contributed by atoms with E-state index in [1.165, 1.54) is 10.6 Å². The molecule has 1 N–H and O–H groups in total. The highest BCUT2D eigenvalue weighted by molar-refractivity contribution is 5.94. The highest BCUT2D eigenvalue weighted by atomic mass is 16.3. The summed E-state index contributed by atoms with van der Waals surface area (Å²) in [6.45, 7) is 0.495. The number of aliphatic hydroxyl groups is 1. The molecule has 0 radical (unpaired) electrons. The van der Waals surface area contributed by atoms with Gasteiger partial charge in [-0.25, -0.2) is 4.98 Å². The zero-order valence-electron chi connectivity index (χ0n) is 10.9. The second kappa shape index (κ2) is 5.05. The van der Waals surface area contributed by atoms with Crippen LogP contribution >= 0.6 is 0 Å². The maximum Gasteiger partial charge on any atom is 0.270 e. The van der Waals surface area contributed by atoms with Gasteiger partial charge in [-0.15, -0.1) is 0 Å². The Morgan fingerprint density at radius 1 is 1.45 bits per heavy atom. The first-order chi connectivity index (χ1) is 9.72. The molecule has 0 spiro atoms. The van der Waals surface area contributed by atoms with Gasteiger partial charge in [0.25, 0.3) is 11.5 Å². The van der Waals surface area contributed by atoms with E-state index in [4.69, 9.17) is 0 Å². The molecule has 0 bridgehead atoms. The van der Waals surface area contributed by atoms with Crippen molar-refractivity contribution < 1.29 is 9.90 Å². The van der Waals surface area contributed by atoms with Crippen LogP contribution in [0.5, 0.6) is 0 Å². The second-order valence-corrected chi connectivity index (χ2v) is 4.88. The Hall–Kier alpha value is -2.21. The summed E-state index contributed by atoms with van der Waals surface area (Å²) in [5.41, 5.74) is 0.187. The molecule has 1 fully saturated rings. The van der Waals surface area contributed by atoms with Crippen LogP contribution in [-0.4, -0.2) is 44.5 Å². The highest BCUT2D eigenvalue weighted by Crippen LogP contribution is 2.18. The lowest BCUT2D eigenvalue weighted by atomic mass is 10.2. The van der Waals surface area contributed by atoms with Gasteiger partial charge in [0.05, 0.1) is 12.6 Å². The fourth-order valence-electron chi connectivity index (χ4n) is 2.62. The van der Waals surface area contributed by atoms with E-state index in [9.17, 15) is 14.7 Å². The van der Waals surface area contributed by atoms with Gasteiger partial charge < -0.3 is 10.0 Å². The lowest BCUT2D eigenvalue weighted by Gasteiger charge is -2.22. The molecule has 2 aromatic rings. The van der Waals surface area contributed by atoms with Crippen LogP contribution < -0.4 is 5.56 Å². The summed E-state index contributed by atoms with van der Waals surface area (Å²) in [6, 6.07) is 5.02. The number of hydrogen-bond acceptors (Lipinski definition) is 4. The molecule has 1 atom stereocenters. The van der Waals surface area contributed by atoms with Gasteiger partial charge in [-0.3, -0.25) is 14.0 Å². The number of aliphatic hydroxyl groups excluding tert-OH is 1. The second-order valence-electron chi connectivity index (χ2n) is 4.88. The quantitative estimate of drug-likeness (QED) is 0.853. The molecular formula is C14H15N3O3. The minimum atomic E-state index is -0.371. The van der Waals surface area contributed by atoms with Crippen LogP contribution in [0.3, 0.4) is 0 Å². The van der Waals surface area contributed by atoms with Gasteiger partial charge in [0.1, 0.15) is 11.2 Å². The van der Waals surface area contributed by atoms with Crippen LogP contribution in [0.25, 0.3) is 5.65 Å². The Morgan fingerprint density at radius 2 is 2.30 bits per heavy atom. The molecule has 1 aliphatic rings. The standard InChI is InChI=1S/C14H15N3O3/c18-9-10-4-3-7-16(10)13(19)11-8-15-12-5-1-2-6-17(12)14(11)20/h1-2,5-6,8,10,18H,3-4,7,9H2/t10-/m1/s1. The topological polar surface area (TPSA) is 74.9 Å². The molecule has 6 nitrogen and oxygen atoms in total. The largest absolute Gasteiger partial charge is 0.394 e. The fourth-order valence-corrected chi connectivity index (χ4v) is 2.62. The summed E-state index contributed by atoms with van der Waals surface area (Å²) in [5, 5.41) is 9.28. The van der Waals surface area contributed by atoms with Crippen LogP contribution in [0.1, 0.15) is 23.2 Å². The van der Waals surface area contributed by atoms with Crippen molar-refractivity contribution in [3.8, 4) is 0 Å². The first-order valence-electron chi connectivity index (χ1n) is 6.60. The van der Waals surface area contributed by atoms with Gasteiger partial charge in [0.2, 0.25) is 0 Å². The number of nitrogens with zero attached hydrogens (tertiary/aromatic N) is 3. The molecule has 6 heteroatoms. The van der Waals surface area contributed by atoms with Crippen molar-refractivity contribution in [2.45, 2.75) is 18.9 Å². The van der Waals surface area contributed by atoms with Gasteiger partial charge in [-0.05, 0) is 25.0 Å². The van der Waals surface area contributed by atoms with E-state index >= 15 is 0 Å². The van der Waals surface area contributed by atoms with E-state index in [1.54, 1.807) is 29.3 Å². The Bertz CT molecular complexity index is 710. The van der Waals surface area contributed by atoms with Gasteiger partial charge in [-0.2, -0.15) is 0 Å². The number of fused-ring (bicyclic) bond motifs is 1. The van der Waals surface area contributed by atoms with Crippen molar-refractivity contribution in [2.24, 2.45) is 0 Å². The summed E-state index contributed by atoms with van der Waals surface area (Å²) >= 11 is 0. The number of aromatic nitrogens is 2. The first-order valence-corrected chi connectivity index (χ1v) is 6.60. The zero-order valence-corrected chi connectivity index (χ0v) is 10.9. The molecule has 20 heavy (non-hydrogen) atoms.